The average molecular weight is 356 g/mol. The Hall–Kier alpha value is -2.40. The van der Waals surface area contributed by atoms with Crippen molar-refractivity contribution >= 4 is 5.91 Å². The van der Waals surface area contributed by atoms with Crippen LogP contribution in [-0.2, 0) is 11.2 Å². The van der Waals surface area contributed by atoms with E-state index in [2.05, 4.69) is 5.32 Å². The molecule has 1 fully saturated rings. The smallest absolute Gasteiger partial charge is 0.223 e. The van der Waals surface area contributed by atoms with Gasteiger partial charge in [0, 0.05) is 26.1 Å². The molecule has 2 aromatic carbocycles. The van der Waals surface area contributed by atoms with E-state index in [-0.39, 0.29) is 17.8 Å². The van der Waals surface area contributed by atoms with Gasteiger partial charge >= 0.3 is 0 Å². The highest BCUT2D eigenvalue weighted by molar-refractivity contribution is 5.77. The van der Waals surface area contributed by atoms with Crippen LogP contribution < -0.4 is 10.1 Å². The molecule has 0 radical (unpaired) electrons. The molecule has 0 saturated carbocycles. The van der Waals surface area contributed by atoms with Crippen LogP contribution in [0.5, 0.6) is 5.75 Å². The van der Waals surface area contributed by atoms with Crippen molar-refractivity contribution in [1.29, 1.82) is 0 Å². The van der Waals surface area contributed by atoms with Crippen molar-refractivity contribution in [3.63, 3.8) is 0 Å². The van der Waals surface area contributed by atoms with E-state index < -0.39 is 0 Å². The van der Waals surface area contributed by atoms with E-state index in [9.17, 15) is 9.18 Å². The standard InChI is InChI=1S/C21H25FN2O2/c1-2-26-20-9-4-3-6-16(20)10-11-21(25)24-13-12-23-15-19(24)17-7-5-8-18(22)14-17/h3-9,14,19,23H,2,10-13,15H2,1H3. The summed E-state index contributed by atoms with van der Waals surface area (Å²) in [5.74, 6) is 0.656. The van der Waals surface area contributed by atoms with E-state index in [1.165, 1.54) is 12.1 Å². The molecule has 1 N–H and O–H groups in total. The van der Waals surface area contributed by atoms with Crippen LogP contribution in [0.1, 0.15) is 30.5 Å². The highest BCUT2D eigenvalue weighted by Gasteiger charge is 2.27. The number of nitrogens with zero attached hydrogens (tertiary/aromatic N) is 1. The van der Waals surface area contributed by atoms with Crippen LogP contribution in [0.25, 0.3) is 0 Å². The maximum absolute atomic E-state index is 13.6. The summed E-state index contributed by atoms with van der Waals surface area (Å²) in [5.41, 5.74) is 1.88. The maximum atomic E-state index is 13.6. The molecule has 0 aromatic heterocycles. The van der Waals surface area contributed by atoms with Crippen LogP contribution in [-0.4, -0.2) is 37.0 Å². The van der Waals surface area contributed by atoms with E-state index in [1.54, 1.807) is 6.07 Å². The number of para-hydroxylation sites is 1. The first-order valence-electron chi connectivity index (χ1n) is 9.15. The third-order valence-electron chi connectivity index (χ3n) is 4.68. The van der Waals surface area contributed by atoms with E-state index in [1.807, 2.05) is 42.2 Å². The van der Waals surface area contributed by atoms with Gasteiger partial charge in [-0.1, -0.05) is 30.3 Å². The first-order chi connectivity index (χ1) is 12.7. The zero-order valence-electron chi connectivity index (χ0n) is 15.1. The molecule has 1 atom stereocenters. The number of carbonyl (C=O) groups is 1. The van der Waals surface area contributed by atoms with Gasteiger partial charge in [0.05, 0.1) is 12.6 Å². The molecule has 1 aliphatic heterocycles. The molecule has 3 rings (SSSR count). The van der Waals surface area contributed by atoms with E-state index >= 15 is 0 Å². The molecule has 5 heteroatoms. The Morgan fingerprint density at radius 1 is 1.27 bits per heavy atom. The van der Waals surface area contributed by atoms with Gasteiger partial charge in [0.25, 0.3) is 0 Å². The minimum absolute atomic E-state index is 0.0899. The molecule has 1 saturated heterocycles. The van der Waals surface area contributed by atoms with E-state index in [0.29, 0.717) is 32.5 Å². The zero-order chi connectivity index (χ0) is 18.4. The molecule has 26 heavy (non-hydrogen) atoms. The van der Waals surface area contributed by atoms with Crippen LogP contribution in [0.15, 0.2) is 48.5 Å². The van der Waals surface area contributed by atoms with Crippen molar-refractivity contribution in [1.82, 2.24) is 10.2 Å². The second-order valence-corrected chi connectivity index (χ2v) is 6.40. The second-order valence-electron chi connectivity index (χ2n) is 6.40. The molecule has 138 valence electrons. The van der Waals surface area contributed by atoms with Crippen molar-refractivity contribution in [3.8, 4) is 5.75 Å². The third-order valence-corrected chi connectivity index (χ3v) is 4.68. The van der Waals surface area contributed by atoms with Gasteiger partial charge in [0.2, 0.25) is 5.91 Å². The molecule has 4 nitrogen and oxygen atoms in total. The Morgan fingerprint density at radius 3 is 2.92 bits per heavy atom. The molecule has 1 heterocycles. The number of halogens is 1. The van der Waals surface area contributed by atoms with Gasteiger partial charge in [0.15, 0.2) is 0 Å². The SMILES string of the molecule is CCOc1ccccc1CCC(=O)N1CCNCC1c1cccc(F)c1. The molecule has 0 spiro atoms. The fraction of sp³-hybridized carbons (Fsp3) is 0.381. The molecule has 1 unspecified atom stereocenters. The third kappa shape index (κ3) is 4.41. The first kappa shape index (κ1) is 18.4. The lowest BCUT2D eigenvalue weighted by molar-refractivity contribution is -0.134. The van der Waals surface area contributed by atoms with Crippen LogP contribution in [0.4, 0.5) is 4.39 Å². The lowest BCUT2D eigenvalue weighted by Crippen LogP contribution is -2.48. The van der Waals surface area contributed by atoms with Crippen molar-refractivity contribution in [2.24, 2.45) is 0 Å². The van der Waals surface area contributed by atoms with Crippen LogP contribution in [0.2, 0.25) is 0 Å². The fourth-order valence-electron chi connectivity index (χ4n) is 3.41. The summed E-state index contributed by atoms with van der Waals surface area (Å²) < 4.78 is 19.2. The number of ether oxygens (including phenoxy) is 1. The molecule has 1 aliphatic rings. The minimum Gasteiger partial charge on any atom is -0.494 e. The monoisotopic (exact) mass is 356 g/mol. The summed E-state index contributed by atoms with van der Waals surface area (Å²) in [7, 11) is 0. The second kappa shape index (κ2) is 8.81. The number of aryl methyl sites for hydroxylation is 1. The summed E-state index contributed by atoms with van der Waals surface area (Å²) in [6.45, 7) is 4.58. The molecule has 1 amide bonds. The lowest BCUT2D eigenvalue weighted by Gasteiger charge is -2.36. The number of amides is 1. The van der Waals surface area contributed by atoms with E-state index in [4.69, 9.17) is 4.74 Å². The van der Waals surface area contributed by atoms with Crippen molar-refractivity contribution in [3.05, 3.63) is 65.5 Å². The van der Waals surface area contributed by atoms with Gasteiger partial charge in [-0.3, -0.25) is 4.79 Å². The Morgan fingerprint density at radius 2 is 2.12 bits per heavy atom. The Kier molecular flexibility index (Phi) is 6.23. The number of piperazine rings is 1. The molecule has 0 aliphatic carbocycles. The average Bonchev–Trinajstić information content (AvgIpc) is 2.67. The predicted molar refractivity (Wildman–Crippen MR) is 99.7 cm³/mol. The van der Waals surface area contributed by atoms with Crippen LogP contribution >= 0.6 is 0 Å². The van der Waals surface area contributed by atoms with Gasteiger partial charge in [-0.15, -0.1) is 0 Å². The summed E-state index contributed by atoms with van der Waals surface area (Å²) >= 11 is 0. The first-order valence-corrected chi connectivity index (χ1v) is 9.15. The van der Waals surface area contributed by atoms with Crippen molar-refractivity contribution in [2.75, 3.05) is 26.2 Å². The molecule has 0 bridgehead atoms. The quantitative estimate of drug-likeness (QED) is 0.863. The van der Waals surface area contributed by atoms with Gasteiger partial charge in [0.1, 0.15) is 11.6 Å². The number of hydrogen-bond donors (Lipinski definition) is 1. The Balaban J connectivity index is 1.69. The van der Waals surface area contributed by atoms with Crippen molar-refractivity contribution < 1.29 is 13.9 Å². The summed E-state index contributed by atoms with van der Waals surface area (Å²) in [6.07, 6.45) is 1.05. The topological polar surface area (TPSA) is 41.6 Å². The van der Waals surface area contributed by atoms with Gasteiger partial charge < -0.3 is 15.0 Å². The normalized spacial score (nSPS) is 17.2. The number of hydrogen-bond acceptors (Lipinski definition) is 3. The number of carbonyl (C=O) groups excluding carboxylic acids is 1. The van der Waals surface area contributed by atoms with Gasteiger partial charge in [-0.25, -0.2) is 4.39 Å². The van der Waals surface area contributed by atoms with Crippen LogP contribution in [0, 0.1) is 5.82 Å². The summed E-state index contributed by atoms with van der Waals surface area (Å²) in [4.78, 5) is 14.7. The summed E-state index contributed by atoms with van der Waals surface area (Å²) in [5, 5.41) is 3.30. The lowest BCUT2D eigenvalue weighted by atomic mass is 10.0. The van der Waals surface area contributed by atoms with E-state index in [0.717, 1.165) is 23.4 Å². The number of nitrogens with one attached hydrogen (secondary N) is 1. The zero-order valence-corrected chi connectivity index (χ0v) is 15.1. The van der Waals surface area contributed by atoms with Crippen LogP contribution in [0.3, 0.4) is 0 Å². The molecule has 2 aromatic rings. The fourth-order valence-corrected chi connectivity index (χ4v) is 3.41. The summed E-state index contributed by atoms with van der Waals surface area (Å²) in [6, 6.07) is 14.2. The molecular formula is C21H25FN2O2. The molecular weight excluding hydrogens is 331 g/mol. The van der Waals surface area contributed by atoms with Crippen molar-refractivity contribution in [2.45, 2.75) is 25.8 Å². The largest absolute Gasteiger partial charge is 0.494 e. The van der Waals surface area contributed by atoms with Gasteiger partial charge in [-0.05, 0) is 42.7 Å². The predicted octanol–water partition coefficient (Wildman–Crippen LogP) is 3.33. The highest BCUT2D eigenvalue weighted by atomic mass is 19.1. The Labute approximate surface area is 154 Å². The number of benzene rings is 2. The minimum atomic E-state index is -0.272. The number of rotatable bonds is 6. The van der Waals surface area contributed by atoms with Gasteiger partial charge in [-0.2, -0.15) is 0 Å². The maximum Gasteiger partial charge on any atom is 0.223 e. The Bertz CT molecular complexity index is 750. The highest BCUT2D eigenvalue weighted by Crippen LogP contribution is 2.25.